The fourth-order valence-corrected chi connectivity index (χ4v) is 3.21. The molecule has 116 valence electrons. The third-order valence-electron chi connectivity index (χ3n) is 4.33. The minimum absolute atomic E-state index is 0.208. The van der Waals surface area contributed by atoms with Gasteiger partial charge in [0.2, 0.25) is 0 Å². The second kappa shape index (κ2) is 6.94. The molecule has 1 aliphatic rings. The van der Waals surface area contributed by atoms with Crippen molar-refractivity contribution in [3.63, 3.8) is 0 Å². The van der Waals surface area contributed by atoms with Gasteiger partial charge in [-0.2, -0.15) is 0 Å². The number of aliphatic carboxylic acids is 1. The van der Waals surface area contributed by atoms with Crippen LogP contribution in [0.2, 0.25) is 0 Å². The fourth-order valence-electron chi connectivity index (χ4n) is 3.21. The second-order valence-corrected chi connectivity index (χ2v) is 6.01. The lowest BCUT2D eigenvalue weighted by Gasteiger charge is -2.37. The summed E-state index contributed by atoms with van der Waals surface area (Å²) in [6.45, 7) is 4.91. The van der Waals surface area contributed by atoms with E-state index in [-0.39, 0.29) is 6.42 Å². The number of carboxylic acid groups (broad SMARTS) is 1. The van der Waals surface area contributed by atoms with E-state index in [0.717, 1.165) is 25.0 Å². The van der Waals surface area contributed by atoms with Crippen LogP contribution in [0, 0.1) is 0 Å². The number of methoxy groups -OCH3 is 1. The molecule has 0 spiro atoms. The zero-order valence-corrected chi connectivity index (χ0v) is 13.1. The average Bonchev–Trinajstić information content (AvgIpc) is 2.46. The SMILES string of the molecule is COc1ccc2c(c1)CC(N(CCC(=O)O)C(C)C)CC2. The molecule has 1 aliphatic carbocycles. The molecule has 1 unspecified atom stereocenters. The van der Waals surface area contributed by atoms with E-state index in [9.17, 15) is 4.79 Å². The van der Waals surface area contributed by atoms with Crippen LogP contribution < -0.4 is 4.74 Å². The Morgan fingerprint density at radius 3 is 2.81 bits per heavy atom. The molecular weight excluding hydrogens is 266 g/mol. The van der Waals surface area contributed by atoms with Gasteiger partial charge in [-0.25, -0.2) is 0 Å². The van der Waals surface area contributed by atoms with Crippen molar-refractivity contribution >= 4 is 5.97 Å². The highest BCUT2D eigenvalue weighted by Crippen LogP contribution is 2.28. The monoisotopic (exact) mass is 291 g/mol. The first-order valence-electron chi connectivity index (χ1n) is 7.64. The lowest BCUT2D eigenvalue weighted by molar-refractivity contribution is -0.137. The van der Waals surface area contributed by atoms with Crippen LogP contribution >= 0.6 is 0 Å². The van der Waals surface area contributed by atoms with Gasteiger partial charge in [-0.15, -0.1) is 0 Å². The van der Waals surface area contributed by atoms with Gasteiger partial charge >= 0.3 is 5.97 Å². The molecule has 1 aromatic carbocycles. The minimum atomic E-state index is -0.724. The third-order valence-corrected chi connectivity index (χ3v) is 4.33. The molecule has 1 N–H and O–H groups in total. The van der Waals surface area contributed by atoms with Crippen LogP contribution in [0.5, 0.6) is 5.75 Å². The van der Waals surface area contributed by atoms with Crippen molar-refractivity contribution in [2.45, 2.75) is 51.6 Å². The van der Waals surface area contributed by atoms with Crippen LogP contribution in [-0.2, 0) is 17.6 Å². The Bertz CT molecular complexity index is 499. The molecule has 0 saturated carbocycles. The third kappa shape index (κ3) is 3.97. The quantitative estimate of drug-likeness (QED) is 0.875. The van der Waals surface area contributed by atoms with Gasteiger partial charge in [0, 0.05) is 18.6 Å². The number of fused-ring (bicyclic) bond motifs is 1. The summed E-state index contributed by atoms with van der Waals surface area (Å²) in [5, 5.41) is 8.93. The summed E-state index contributed by atoms with van der Waals surface area (Å²) < 4.78 is 5.31. The van der Waals surface area contributed by atoms with Crippen LogP contribution in [-0.4, -0.2) is 41.7 Å². The highest BCUT2D eigenvalue weighted by molar-refractivity contribution is 5.66. The zero-order valence-electron chi connectivity index (χ0n) is 13.1. The Morgan fingerprint density at radius 1 is 1.43 bits per heavy atom. The highest BCUT2D eigenvalue weighted by atomic mass is 16.5. The zero-order chi connectivity index (χ0) is 15.4. The number of hydrogen-bond acceptors (Lipinski definition) is 3. The van der Waals surface area contributed by atoms with Gasteiger partial charge in [-0.1, -0.05) is 6.07 Å². The smallest absolute Gasteiger partial charge is 0.304 e. The number of benzene rings is 1. The van der Waals surface area contributed by atoms with Gasteiger partial charge in [0.1, 0.15) is 5.75 Å². The van der Waals surface area contributed by atoms with Crippen LogP contribution in [0.15, 0.2) is 18.2 Å². The van der Waals surface area contributed by atoms with Crippen LogP contribution in [0.1, 0.15) is 37.8 Å². The van der Waals surface area contributed by atoms with Crippen LogP contribution in [0.3, 0.4) is 0 Å². The number of carbonyl (C=O) groups is 1. The Labute approximate surface area is 126 Å². The summed E-state index contributed by atoms with van der Waals surface area (Å²) in [7, 11) is 1.69. The lowest BCUT2D eigenvalue weighted by atomic mass is 9.86. The van der Waals surface area contributed by atoms with E-state index in [1.54, 1.807) is 7.11 Å². The predicted molar refractivity (Wildman–Crippen MR) is 82.9 cm³/mol. The van der Waals surface area contributed by atoms with E-state index in [1.165, 1.54) is 11.1 Å². The number of rotatable bonds is 6. The number of ether oxygens (including phenoxy) is 1. The summed E-state index contributed by atoms with van der Waals surface area (Å²) >= 11 is 0. The molecule has 4 nitrogen and oxygen atoms in total. The number of aryl methyl sites for hydroxylation is 1. The Morgan fingerprint density at radius 2 is 2.19 bits per heavy atom. The molecule has 0 fully saturated rings. The molecular formula is C17H25NO3. The Hall–Kier alpha value is -1.55. The highest BCUT2D eigenvalue weighted by Gasteiger charge is 2.26. The van der Waals surface area contributed by atoms with E-state index < -0.39 is 5.97 Å². The summed E-state index contributed by atoms with van der Waals surface area (Å²) in [5.74, 6) is 0.176. The summed E-state index contributed by atoms with van der Waals surface area (Å²) in [4.78, 5) is 13.2. The first-order chi connectivity index (χ1) is 10.0. The lowest BCUT2D eigenvalue weighted by Crippen LogP contribution is -2.44. The Kier molecular flexibility index (Phi) is 5.23. The first-order valence-corrected chi connectivity index (χ1v) is 7.64. The van der Waals surface area contributed by atoms with Gasteiger partial charge in [-0.05, 0) is 56.4 Å². The maximum atomic E-state index is 10.8. The van der Waals surface area contributed by atoms with Crippen LogP contribution in [0.4, 0.5) is 0 Å². The molecule has 0 radical (unpaired) electrons. The van der Waals surface area contributed by atoms with E-state index in [2.05, 4.69) is 30.9 Å². The molecule has 1 aromatic rings. The molecule has 0 bridgehead atoms. The van der Waals surface area contributed by atoms with Crippen molar-refractivity contribution < 1.29 is 14.6 Å². The standard InChI is InChI=1S/C17H25NO3/c1-12(2)18(9-8-17(19)20)15-6-4-13-5-7-16(21-3)11-14(13)10-15/h5,7,11-12,15H,4,6,8-10H2,1-3H3,(H,19,20). The molecule has 2 rings (SSSR count). The maximum Gasteiger partial charge on any atom is 0.304 e. The molecule has 0 heterocycles. The van der Waals surface area contributed by atoms with Gasteiger partial charge in [-0.3, -0.25) is 9.69 Å². The molecule has 0 aliphatic heterocycles. The number of carboxylic acids is 1. The average molecular weight is 291 g/mol. The van der Waals surface area contributed by atoms with E-state index in [4.69, 9.17) is 9.84 Å². The normalized spacial score (nSPS) is 17.9. The van der Waals surface area contributed by atoms with Gasteiger partial charge in [0.15, 0.2) is 0 Å². The summed E-state index contributed by atoms with van der Waals surface area (Å²) in [6.07, 6.45) is 3.33. The molecule has 0 saturated heterocycles. The first kappa shape index (κ1) is 15.8. The molecule has 21 heavy (non-hydrogen) atoms. The largest absolute Gasteiger partial charge is 0.497 e. The van der Waals surface area contributed by atoms with Crippen molar-refractivity contribution in [3.8, 4) is 5.75 Å². The molecule has 4 heteroatoms. The van der Waals surface area contributed by atoms with E-state index in [0.29, 0.717) is 18.6 Å². The van der Waals surface area contributed by atoms with Crippen molar-refractivity contribution in [3.05, 3.63) is 29.3 Å². The topological polar surface area (TPSA) is 49.8 Å². The Balaban J connectivity index is 2.11. The van der Waals surface area contributed by atoms with Crippen molar-refractivity contribution in [2.24, 2.45) is 0 Å². The maximum absolute atomic E-state index is 10.8. The van der Waals surface area contributed by atoms with Gasteiger partial charge in [0.25, 0.3) is 0 Å². The number of hydrogen-bond donors (Lipinski definition) is 1. The number of nitrogens with zero attached hydrogens (tertiary/aromatic N) is 1. The molecule has 0 amide bonds. The van der Waals surface area contributed by atoms with Crippen molar-refractivity contribution in [1.82, 2.24) is 4.90 Å². The predicted octanol–water partition coefficient (Wildman–Crippen LogP) is 2.74. The van der Waals surface area contributed by atoms with Crippen molar-refractivity contribution in [1.29, 1.82) is 0 Å². The van der Waals surface area contributed by atoms with Gasteiger partial charge < -0.3 is 9.84 Å². The van der Waals surface area contributed by atoms with Crippen LogP contribution in [0.25, 0.3) is 0 Å². The summed E-state index contributed by atoms with van der Waals surface area (Å²) in [6, 6.07) is 7.08. The van der Waals surface area contributed by atoms with Crippen molar-refractivity contribution in [2.75, 3.05) is 13.7 Å². The summed E-state index contributed by atoms with van der Waals surface area (Å²) in [5.41, 5.74) is 2.74. The van der Waals surface area contributed by atoms with E-state index >= 15 is 0 Å². The molecule has 0 aromatic heterocycles. The fraction of sp³-hybridized carbons (Fsp3) is 0.588. The van der Waals surface area contributed by atoms with Gasteiger partial charge in [0.05, 0.1) is 13.5 Å². The van der Waals surface area contributed by atoms with E-state index in [1.807, 2.05) is 6.07 Å². The second-order valence-electron chi connectivity index (χ2n) is 6.01. The minimum Gasteiger partial charge on any atom is -0.497 e. The molecule has 1 atom stereocenters.